The second-order valence-corrected chi connectivity index (χ2v) is 6.87. The first kappa shape index (κ1) is 17.6. The number of hydrogen-bond acceptors (Lipinski definition) is 4. The molecule has 1 aromatic carbocycles. The zero-order valence-electron chi connectivity index (χ0n) is 15.2. The van der Waals surface area contributed by atoms with Crippen LogP contribution in [0.5, 0.6) is 0 Å². The molecule has 0 saturated carbocycles. The number of fused-ring (bicyclic) bond motifs is 1. The zero-order chi connectivity index (χ0) is 18.0. The van der Waals surface area contributed by atoms with Crippen molar-refractivity contribution in [2.45, 2.75) is 33.2 Å². The molecule has 1 aliphatic heterocycles. The fourth-order valence-electron chi connectivity index (χ4n) is 3.36. The van der Waals surface area contributed by atoms with Gasteiger partial charge >= 0.3 is 0 Å². The van der Waals surface area contributed by atoms with Gasteiger partial charge in [0.25, 0.3) is 11.5 Å². The van der Waals surface area contributed by atoms with Crippen molar-refractivity contribution in [3.05, 3.63) is 40.3 Å². The molecule has 0 N–H and O–H groups in total. The molecule has 134 valence electrons. The summed E-state index contributed by atoms with van der Waals surface area (Å²) in [5.74, 6) is -0.0817. The van der Waals surface area contributed by atoms with Crippen molar-refractivity contribution < 1.29 is 4.79 Å². The van der Waals surface area contributed by atoms with Crippen LogP contribution in [0.4, 0.5) is 0 Å². The van der Waals surface area contributed by atoms with Crippen LogP contribution >= 0.6 is 0 Å². The number of carbonyl (C=O) groups is 1. The van der Waals surface area contributed by atoms with Gasteiger partial charge in [0.2, 0.25) is 0 Å². The molecule has 0 atom stereocenters. The Morgan fingerprint density at radius 2 is 1.76 bits per heavy atom. The number of piperazine rings is 1. The van der Waals surface area contributed by atoms with Gasteiger partial charge in [-0.15, -0.1) is 0 Å². The Labute approximate surface area is 148 Å². The molecule has 6 nitrogen and oxygen atoms in total. The summed E-state index contributed by atoms with van der Waals surface area (Å²) in [6.07, 6.45) is 1.12. The number of carbonyl (C=O) groups excluding carboxylic acids is 1. The van der Waals surface area contributed by atoms with Gasteiger partial charge in [0, 0.05) is 31.6 Å². The normalized spacial score (nSPS) is 15.9. The summed E-state index contributed by atoms with van der Waals surface area (Å²) in [6, 6.07) is 7.17. The third kappa shape index (κ3) is 3.44. The van der Waals surface area contributed by atoms with Gasteiger partial charge < -0.3 is 4.90 Å². The number of aromatic nitrogens is 2. The number of hydrogen-bond donors (Lipinski definition) is 0. The van der Waals surface area contributed by atoms with Crippen LogP contribution in [-0.4, -0.2) is 58.2 Å². The van der Waals surface area contributed by atoms with E-state index >= 15 is 0 Å². The summed E-state index contributed by atoms with van der Waals surface area (Å²) < 4.78 is 1.42. The summed E-state index contributed by atoms with van der Waals surface area (Å²) in [5.41, 5.74) is 0.239. The molecular weight excluding hydrogens is 316 g/mol. The van der Waals surface area contributed by atoms with Gasteiger partial charge in [-0.3, -0.25) is 14.5 Å². The Balaban J connectivity index is 1.97. The van der Waals surface area contributed by atoms with Gasteiger partial charge in [0.1, 0.15) is 0 Å². The van der Waals surface area contributed by atoms with E-state index in [9.17, 15) is 9.59 Å². The Kier molecular flexibility index (Phi) is 5.18. The number of rotatable bonds is 4. The third-order valence-electron chi connectivity index (χ3n) is 4.72. The average molecular weight is 342 g/mol. The van der Waals surface area contributed by atoms with Crippen LogP contribution in [-0.2, 0) is 0 Å². The first-order valence-electron chi connectivity index (χ1n) is 9.06. The Morgan fingerprint density at radius 1 is 1.12 bits per heavy atom. The van der Waals surface area contributed by atoms with E-state index in [1.165, 1.54) is 4.68 Å². The van der Waals surface area contributed by atoms with Gasteiger partial charge in [-0.25, -0.2) is 4.68 Å². The van der Waals surface area contributed by atoms with E-state index in [1.54, 1.807) is 6.07 Å². The lowest BCUT2D eigenvalue weighted by molar-refractivity contribution is 0.0631. The molecule has 1 aromatic heterocycles. The number of amides is 1. The maximum absolute atomic E-state index is 13.1. The molecule has 0 unspecified atom stereocenters. The highest BCUT2D eigenvalue weighted by atomic mass is 16.2. The minimum Gasteiger partial charge on any atom is -0.335 e. The highest BCUT2D eigenvalue weighted by Crippen LogP contribution is 2.17. The predicted octanol–water partition coefficient (Wildman–Crippen LogP) is 2.15. The third-order valence-corrected chi connectivity index (χ3v) is 4.72. The highest BCUT2D eigenvalue weighted by Gasteiger charge is 2.25. The van der Waals surface area contributed by atoms with Crippen LogP contribution in [0.15, 0.2) is 29.1 Å². The van der Waals surface area contributed by atoms with Crippen LogP contribution in [0.25, 0.3) is 10.8 Å². The van der Waals surface area contributed by atoms with E-state index < -0.39 is 0 Å². The molecule has 6 heteroatoms. The van der Waals surface area contributed by atoms with Crippen LogP contribution in [0, 0.1) is 0 Å². The van der Waals surface area contributed by atoms with Crippen molar-refractivity contribution in [3.8, 4) is 0 Å². The van der Waals surface area contributed by atoms with E-state index in [-0.39, 0.29) is 17.5 Å². The van der Waals surface area contributed by atoms with Crippen LogP contribution < -0.4 is 5.56 Å². The average Bonchev–Trinajstić information content (AvgIpc) is 2.62. The molecule has 1 amide bonds. The van der Waals surface area contributed by atoms with Crippen molar-refractivity contribution in [2.24, 2.45) is 0 Å². The van der Waals surface area contributed by atoms with E-state index in [2.05, 4.69) is 16.9 Å². The largest absolute Gasteiger partial charge is 0.335 e. The van der Waals surface area contributed by atoms with Gasteiger partial charge in [-0.05, 0) is 32.9 Å². The minimum atomic E-state index is -0.144. The smallest absolute Gasteiger partial charge is 0.275 e. The number of benzene rings is 1. The lowest BCUT2D eigenvalue weighted by atomic mass is 10.1. The first-order chi connectivity index (χ1) is 12.0. The van der Waals surface area contributed by atoms with Gasteiger partial charge in [-0.2, -0.15) is 5.10 Å². The van der Waals surface area contributed by atoms with Gasteiger partial charge in [0.05, 0.1) is 11.4 Å². The fourth-order valence-corrected chi connectivity index (χ4v) is 3.36. The molecular formula is C19H26N4O2. The molecule has 0 bridgehead atoms. The maximum atomic E-state index is 13.1. The van der Waals surface area contributed by atoms with E-state index in [0.29, 0.717) is 29.6 Å². The fraction of sp³-hybridized carbons (Fsp3) is 0.526. The summed E-state index contributed by atoms with van der Waals surface area (Å²) >= 11 is 0. The quantitative estimate of drug-likeness (QED) is 0.854. The van der Waals surface area contributed by atoms with E-state index in [1.807, 2.05) is 36.9 Å². The summed E-state index contributed by atoms with van der Waals surface area (Å²) in [4.78, 5) is 29.9. The Hall–Kier alpha value is -2.21. The van der Waals surface area contributed by atoms with Gasteiger partial charge in [0.15, 0.2) is 5.69 Å². The molecule has 1 saturated heterocycles. The SMILES string of the molecule is CCCN1CCN(C(=O)c2nn(C(C)C)c(=O)c3ccccc23)CC1. The standard InChI is InChI=1S/C19H26N4O2/c1-4-9-21-10-12-22(13-11-21)19(25)17-15-7-5-6-8-16(15)18(24)23(20-17)14(2)3/h5-8,14H,4,9-13H2,1-3H3. The van der Waals surface area contributed by atoms with Gasteiger partial charge in [-0.1, -0.05) is 25.1 Å². The molecule has 3 rings (SSSR count). The van der Waals surface area contributed by atoms with Crippen molar-refractivity contribution >= 4 is 16.7 Å². The minimum absolute atomic E-state index is 0.0817. The Morgan fingerprint density at radius 3 is 2.36 bits per heavy atom. The molecule has 1 fully saturated rings. The molecule has 2 heterocycles. The molecule has 0 spiro atoms. The topological polar surface area (TPSA) is 58.4 Å². The molecule has 0 aliphatic carbocycles. The molecule has 1 aliphatic rings. The maximum Gasteiger partial charge on any atom is 0.275 e. The zero-order valence-corrected chi connectivity index (χ0v) is 15.2. The molecule has 2 aromatic rings. The first-order valence-corrected chi connectivity index (χ1v) is 9.06. The van der Waals surface area contributed by atoms with Crippen LogP contribution in [0.1, 0.15) is 43.7 Å². The van der Waals surface area contributed by atoms with E-state index in [0.717, 1.165) is 26.1 Å². The summed E-state index contributed by atoms with van der Waals surface area (Å²) in [5, 5.41) is 5.63. The van der Waals surface area contributed by atoms with Crippen molar-refractivity contribution in [2.75, 3.05) is 32.7 Å². The highest BCUT2D eigenvalue weighted by molar-refractivity contribution is 6.04. The van der Waals surface area contributed by atoms with Crippen molar-refractivity contribution in [1.82, 2.24) is 19.6 Å². The molecule has 0 radical (unpaired) electrons. The van der Waals surface area contributed by atoms with Crippen molar-refractivity contribution in [3.63, 3.8) is 0 Å². The van der Waals surface area contributed by atoms with E-state index in [4.69, 9.17) is 0 Å². The lowest BCUT2D eigenvalue weighted by Crippen LogP contribution is -2.49. The lowest BCUT2D eigenvalue weighted by Gasteiger charge is -2.34. The van der Waals surface area contributed by atoms with Crippen LogP contribution in [0.2, 0.25) is 0 Å². The summed E-state index contributed by atoms with van der Waals surface area (Å²) in [6.45, 7) is 10.2. The number of nitrogens with zero attached hydrogens (tertiary/aromatic N) is 4. The second-order valence-electron chi connectivity index (χ2n) is 6.87. The predicted molar refractivity (Wildman–Crippen MR) is 99.0 cm³/mol. The van der Waals surface area contributed by atoms with Crippen LogP contribution in [0.3, 0.4) is 0 Å². The molecule has 25 heavy (non-hydrogen) atoms. The Bertz CT molecular complexity index is 820. The monoisotopic (exact) mass is 342 g/mol. The summed E-state index contributed by atoms with van der Waals surface area (Å²) in [7, 11) is 0. The second kappa shape index (κ2) is 7.35. The van der Waals surface area contributed by atoms with Crippen molar-refractivity contribution in [1.29, 1.82) is 0 Å².